The number of hydrogen-bond donors (Lipinski definition) is 1. The van der Waals surface area contributed by atoms with E-state index in [1.807, 2.05) is 0 Å². The lowest BCUT2D eigenvalue weighted by atomic mass is 10.1. The average Bonchev–Trinajstić information content (AvgIpc) is 2.92. The van der Waals surface area contributed by atoms with Gasteiger partial charge in [-0.25, -0.2) is 0 Å². The third-order valence-electron chi connectivity index (χ3n) is 3.26. The summed E-state index contributed by atoms with van der Waals surface area (Å²) in [7, 11) is 1.31. The van der Waals surface area contributed by atoms with E-state index >= 15 is 0 Å². The minimum absolute atomic E-state index is 0.170. The summed E-state index contributed by atoms with van der Waals surface area (Å²) in [5.41, 5.74) is 8.74. The Balaban J connectivity index is 0.000000399. The molecule has 1 aliphatic rings. The van der Waals surface area contributed by atoms with Crippen LogP contribution in [0, 0.1) is 6.92 Å². The van der Waals surface area contributed by atoms with Crippen molar-refractivity contribution in [2.75, 3.05) is 26.7 Å². The highest BCUT2D eigenvalue weighted by Crippen LogP contribution is 2.15. The third-order valence-corrected chi connectivity index (χ3v) is 3.26. The second-order valence-corrected chi connectivity index (χ2v) is 4.86. The van der Waals surface area contributed by atoms with Gasteiger partial charge in [0.1, 0.15) is 0 Å². The Morgan fingerprint density at radius 2 is 1.84 bits per heavy atom. The second kappa shape index (κ2) is 8.67. The number of likely N-dealkylation sites (tertiary alicyclic amines) is 1. The largest absolute Gasteiger partial charge is 0.471 e. The number of carbonyl (C=O) groups excluding carboxylic acids is 1. The molecule has 0 saturated carbocycles. The maximum Gasteiger partial charge on any atom is 0.292 e. The summed E-state index contributed by atoms with van der Waals surface area (Å²) in [6, 6.07) is 8.74. The van der Waals surface area contributed by atoms with Crippen LogP contribution < -0.4 is 5.73 Å². The molecule has 0 aliphatic carbocycles. The van der Waals surface area contributed by atoms with Crippen LogP contribution in [0.3, 0.4) is 0 Å². The van der Waals surface area contributed by atoms with Crippen LogP contribution in [-0.2, 0) is 9.53 Å². The summed E-state index contributed by atoms with van der Waals surface area (Å²) < 4.78 is 3.86. The van der Waals surface area contributed by atoms with E-state index in [1.165, 1.54) is 44.2 Å². The molecule has 1 atom stereocenters. The van der Waals surface area contributed by atoms with Gasteiger partial charge in [0.05, 0.1) is 7.11 Å². The van der Waals surface area contributed by atoms with Gasteiger partial charge in [-0.15, -0.1) is 0 Å². The zero-order valence-electron chi connectivity index (χ0n) is 11.8. The van der Waals surface area contributed by atoms with E-state index in [9.17, 15) is 0 Å². The van der Waals surface area contributed by atoms with Crippen LogP contribution in [0.1, 0.15) is 30.0 Å². The van der Waals surface area contributed by atoms with Crippen molar-refractivity contribution in [3.05, 3.63) is 35.4 Å². The number of aryl methyl sites for hydroxylation is 1. The molecule has 0 aromatic heterocycles. The van der Waals surface area contributed by atoms with E-state index in [4.69, 9.17) is 10.5 Å². The minimum Gasteiger partial charge on any atom is -0.471 e. The topological polar surface area (TPSA) is 55.6 Å². The van der Waals surface area contributed by atoms with Gasteiger partial charge in [-0.1, -0.05) is 29.8 Å². The normalized spacial score (nSPS) is 16.4. The SMILES string of the molecule is COC=O.Cc1ccc(C(N)CN2CCCC2)cc1. The van der Waals surface area contributed by atoms with Crippen molar-refractivity contribution in [3.63, 3.8) is 0 Å². The van der Waals surface area contributed by atoms with Gasteiger partial charge in [0.25, 0.3) is 6.47 Å². The summed E-state index contributed by atoms with van der Waals surface area (Å²) in [5.74, 6) is 0. The first kappa shape index (κ1) is 15.7. The Bertz CT molecular complexity index is 359. The number of benzene rings is 1. The molecule has 0 bridgehead atoms. The monoisotopic (exact) mass is 264 g/mol. The van der Waals surface area contributed by atoms with Gasteiger partial charge in [0.15, 0.2) is 0 Å². The van der Waals surface area contributed by atoms with Gasteiger partial charge in [0, 0.05) is 12.6 Å². The van der Waals surface area contributed by atoms with E-state index in [-0.39, 0.29) is 6.04 Å². The van der Waals surface area contributed by atoms with Crippen molar-refractivity contribution in [1.82, 2.24) is 4.90 Å². The number of hydrogen-bond acceptors (Lipinski definition) is 4. The Kier molecular flexibility index (Phi) is 7.15. The molecule has 4 nitrogen and oxygen atoms in total. The fourth-order valence-corrected chi connectivity index (χ4v) is 2.16. The molecule has 1 unspecified atom stereocenters. The molecule has 1 aliphatic heterocycles. The molecular formula is C15H24N2O2. The lowest BCUT2D eigenvalue weighted by Gasteiger charge is -2.20. The summed E-state index contributed by atoms with van der Waals surface area (Å²) >= 11 is 0. The van der Waals surface area contributed by atoms with Crippen LogP contribution in [0.2, 0.25) is 0 Å². The molecule has 0 spiro atoms. The maximum atomic E-state index is 8.95. The van der Waals surface area contributed by atoms with Crippen molar-refractivity contribution in [1.29, 1.82) is 0 Å². The number of nitrogens with zero attached hydrogens (tertiary/aromatic N) is 1. The summed E-state index contributed by atoms with van der Waals surface area (Å²) in [6.45, 7) is 5.93. The number of nitrogens with two attached hydrogens (primary N) is 1. The van der Waals surface area contributed by atoms with E-state index in [2.05, 4.69) is 40.8 Å². The summed E-state index contributed by atoms with van der Waals surface area (Å²) in [5, 5.41) is 0. The highest BCUT2D eigenvalue weighted by Gasteiger charge is 2.15. The van der Waals surface area contributed by atoms with Crippen LogP contribution in [0.25, 0.3) is 0 Å². The van der Waals surface area contributed by atoms with Crippen molar-refractivity contribution < 1.29 is 9.53 Å². The molecule has 1 aromatic carbocycles. The predicted octanol–water partition coefficient (Wildman–Crippen LogP) is 1.88. The average molecular weight is 264 g/mol. The lowest BCUT2D eigenvalue weighted by molar-refractivity contribution is -0.126. The molecule has 0 radical (unpaired) electrons. The van der Waals surface area contributed by atoms with Crippen molar-refractivity contribution in [3.8, 4) is 0 Å². The van der Waals surface area contributed by atoms with Gasteiger partial charge < -0.3 is 15.4 Å². The minimum atomic E-state index is 0.170. The Morgan fingerprint density at radius 3 is 2.32 bits per heavy atom. The van der Waals surface area contributed by atoms with Gasteiger partial charge in [0.2, 0.25) is 0 Å². The van der Waals surface area contributed by atoms with Crippen molar-refractivity contribution in [2.24, 2.45) is 5.73 Å². The van der Waals surface area contributed by atoms with E-state index < -0.39 is 0 Å². The molecule has 106 valence electrons. The second-order valence-electron chi connectivity index (χ2n) is 4.86. The van der Waals surface area contributed by atoms with Gasteiger partial charge in [-0.05, 0) is 38.4 Å². The summed E-state index contributed by atoms with van der Waals surface area (Å²) in [4.78, 5) is 11.4. The lowest BCUT2D eigenvalue weighted by Crippen LogP contribution is -2.29. The Labute approximate surface area is 115 Å². The molecular weight excluding hydrogens is 240 g/mol. The highest BCUT2D eigenvalue weighted by atomic mass is 16.5. The third kappa shape index (κ3) is 5.85. The zero-order valence-corrected chi connectivity index (χ0v) is 11.8. The van der Waals surface area contributed by atoms with Crippen LogP contribution in [0.15, 0.2) is 24.3 Å². The number of methoxy groups -OCH3 is 1. The summed E-state index contributed by atoms with van der Waals surface area (Å²) in [6.07, 6.45) is 2.67. The fraction of sp³-hybridized carbons (Fsp3) is 0.533. The number of carbonyl (C=O) groups is 1. The van der Waals surface area contributed by atoms with Gasteiger partial charge in [-0.3, -0.25) is 4.79 Å². The molecule has 0 amide bonds. The van der Waals surface area contributed by atoms with Gasteiger partial charge >= 0.3 is 0 Å². The van der Waals surface area contributed by atoms with Crippen LogP contribution >= 0.6 is 0 Å². The zero-order chi connectivity index (χ0) is 14.1. The molecule has 2 rings (SSSR count). The van der Waals surface area contributed by atoms with E-state index in [0.29, 0.717) is 6.47 Å². The first-order valence-corrected chi connectivity index (χ1v) is 6.68. The van der Waals surface area contributed by atoms with Crippen molar-refractivity contribution >= 4 is 6.47 Å². The van der Waals surface area contributed by atoms with Crippen LogP contribution in [-0.4, -0.2) is 38.1 Å². The van der Waals surface area contributed by atoms with Crippen molar-refractivity contribution in [2.45, 2.75) is 25.8 Å². The molecule has 2 N–H and O–H groups in total. The smallest absolute Gasteiger partial charge is 0.292 e. The first-order chi connectivity index (χ1) is 9.17. The molecule has 1 heterocycles. The van der Waals surface area contributed by atoms with E-state index in [1.54, 1.807) is 0 Å². The van der Waals surface area contributed by atoms with E-state index in [0.717, 1.165) is 6.54 Å². The molecule has 1 fully saturated rings. The Morgan fingerprint density at radius 1 is 1.32 bits per heavy atom. The quantitative estimate of drug-likeness (QED) is 0.844. The van der Waals surface area contributed by atoms with Crippen LogP contribution in [0.4, 0.5) is 0 Å². The number of rotatable bonds is 4. The Hall–Kier alpha value is -1.39. The predicted molar refractivity (Wildman–Crippen MR) is 76.9 cm³/mol. The maximum absolute atomic E-state index is 8.95. The molecule has 1 saturated heterocycles. The van der Waals surface area contributed by atoms with Gasteiger partial charge in [-0.2, -0.15) is 0 Å². The first-order valence-electron chi connectivity index (χ1n) is 6.68. The van der Waals surface area contributed by atoms with Crippen LogP contribution in [0.5, 0.6) is 0 Å². The standard InChI is InChI=1S/C13H20N2.C2H4O2/c1-11-4-6-12(7-5-11)13(14)10-15-8-2-3-9-15;1-4-2-3/h4-7,13H,2-3,8-10,14H2,1H3;2H,1H3. The fourth-order valence-electron chi connectivity index (χ4n) is 2.16. The number of ether oxygens (including phenoxy) is 1. The molecule has 4 heteroatoms. The molecule has 19 heavy (non-hydrogen) atoms. The molecule has 1 aromatic rings. The highest BCUT2D eigenvalue weighted by molar-refractivity contribution is 5.36.